The van der Waals surface area contributed by atoms with Gasteiger partial charge in [-0.2, -0.15) is 5.26 Å². The Hall–Kier alpha value is -3.96. The molecule has 3 aromatic rings. The van der Waals surface area contributed by atoms with Gasteiger partial charge in [-0.3, -0.25) is 14.0 Å². The van der Waals surface area contributed by atoms with E-state index in [-0.39, 0.29) is 35.4 Å². The van der Waals surface area contributed by atoms with Gasteiger partial charge in [-0.25, -0.2) is 4.98 Å². The SMILES string of the molecule is Cc1cccn2c(=O)c(/C=C(\C#N)C(=O)NCc3ccccc3)c(N3CC(C)OC(C)C3)nc12. The zero-order chi connectivity index (χ0) is 24.2. The van der Waals surface area contributed by atoms with Crippen LogP contribution in [0.5, 0.6) is 0 Å². The minimum Gasteiger partial charge on any atom is -0.372 e. The molecule has 0 saturated carbocycles. The van der Waals surface area contributed by atoms with Crippen LogP contribution >= 0.6 is 0 Å². The lowest BCUT2D eigenvalue weighted by atomic mass is 10.1. The normalized spacial score (nSPS) is 18.5. The van der Waals surface area contributed by atoms with E-state index < -0.39 is 5.91 Å². The number of carbonyl (C=O) groups is 1. The summed E-state index contributed by atoms with van der Waals surface area (Å²) in [6.45, 7) is 7.19. The summed E-state index contributed by atoms with van der Waals surface area (Å²) in [5.41, 5.74) is 2.02. The van der Waals surface area contributed by atoms with Gasteiger partial charge in [-0.05, 0) is 44.0 Å². The molecule has 0 radical (unpaired) electrons. The molecule has 174 valence electrons. The van der Waals surface area contributed by atoms with Gasteiger partial charge in [0.05, 0.1) is 17.8 Å². The van der Waals surface area contributed by atoms with Crippen molar-refractivity contribution in [1.29, 1.82) is 5.26 Å². The van der Waals surface area contributed by atoms with Crippen molar-refractivity contribution in [2.75, 3.05) is 18.0 Å². The van der Waals surface area contributed by atoms with Crippen LogP contribution in [0.2, 0.25) is 0 Å². The smallest absolute Gasteiger partial charge is 0.267 e. The van der Waals surface area contributed by atoms with Crippen molar-refractivity contribution < 1.29 is 9.53 Å². The molecule has 1 amide bonds. The maximum Gasteiger partial charge on any atom is 0.267 e. The third-order valence-electron chi connectivity index (χ3n) is 5.73. The number of benzene rings is 1. The van der Waals surface area contributed by atoms with Crippen molar-refractivity contribution in [2.24, 2.45) is 0 Å². The summed E-state index contributed by atoms with van der Waals surface area (Å²) in [4.78, 5) is 33.2. The van der Waals surface area contributed by atoms with Crippen LogP contribution in [0, 0.1) is 18.3 Å². The van der Waals surface area contributed by atoms with Crippen LogP contribution in [-0.4, -0.2) is 40.6 Å². The predicted molar refractivity (Wildman–Crippen MR) is 130 cm³/mol. The number of aryl methyl sites for hydroxylation is 1. The van der Waals surface area contributed by atoms with E-state index in [1.807, 2.05) is 68.1 Å². The Morgan fingerprint density at radius 2 is 1.91 bits per heavy atom. The summed E-state index contributed by atoms with van der Waals surface area (Å²) in [5.74, 6) is -0.0975. The highest BCUT2D eigenvalue weighted by atomic mass is 16.5. The molecule has 0 spiro atoms. The number of ether oxygens (including phenoxy) is 1. The van der Waals surface area contributed by atoms with Gasteiger partial charge in [0, 0.05) is 25.8 Å². The van der Waals surface area contributed by atoms with Gasteiger partial charge in [0.2, 0.25) is 0 Å². The zero-order valence-corrected chi connectivity index (χ0v) is 19.5. The van der Waals surface area contributed by atoms with Crippen LogP contribution in [0.1, 0.15) is 30.5 Å². The summed E-state index contributed by atoms with van der Waals surface area (Å²) < 4.78 is 7.30. The largest absolute Gasteiger partial charge is 0.372 e. The third kappa shape index (κ3) is 4.85. The average Bonchev–Trinajstić information content (AvgIpc) is 2.82. The van der Waals surface area contributed by atoms with E-state index >= 15 is 0 Å². The van der Waals surface area contributed by atoms with Gasteiger partial charge >= 0.3 is 0 Å². The molecule has 2 atom stereocenters. The number of anilines is 1. The fraction of sp³-hybridized carbons (Fsp3) is 0.308. The van der Waals surface area contributed by atoms with E-state index in [0.717, 1.165) is 11.1 Å². The molecule has 1 aliphatic rings. The van der Waals surface area contributed by atoms with Crippen molar-refractivity contribution in [3.63, 3.8) is 0 Å². The first-order chi connectivity index (χ1) is 16.4. The second-order valence-electron chi connectivity index (χ2n) is 8.54. The highest BCUT2D eigenvalue weighted by Crippen LogP contribution is 2.24. The number of carbonyl (C=O) groups excluding carboxylic acids is 1. The van der Waals surface area contributed by atoms with Crippen LogP contribution < -0.4 is 15.8 Å². The van der Waals surface area contributed by atoms with E-state index in [9.17, 15) is 14.9 Å². The van der Waals surface area contributed by atoms with E-state index in [1.54, 1.807) is 12.3 Å². The summed E-state index contributed by atoms with van der Waals surface area (Å²) in [6, 6.07) is 15.0. The van der Waals surface area contributed by atoms with Crippen LogP contribution in [-0.2, 0) is 16.1 Å². The number of hydrogen-bond acceptors (Lipinski definition) is 6. The Labute approximate surface area is 198 Å². The Bertz CT molecular complexity index is 1330. The minimum atomic E-state index is -0.547. The second-order valence-corrected chi connectivity index (χ2v) is 8.54. The number of pyridine rings is 1. The quantitative estimate of drug-likeness (QED) is 0.467. The maximum absolute atomic E-state index is 13.5. The molecule has 4 rings (SSSR count). The summed E-state index contributed by atoms with van der Waals surface area (Å²) in [6.07, 6.45) is 2.89. The number of nitriles is 1. The number of rotatable bonds is 5. The van der Waals surface area contributed by atoms with Crippen molar-refractivity contribution in [1.82, 2.24) is 14.7 Å². The minimum absolute atomic E-state index is 0.0534. The number of fused-ring (bicyclic) bond motifs is 1. The van der Waals surface area contributed by atoms with Crippen LogP contribution in [0.4, 0.5) is 5.82 Å². The Balaban J connectivity index is 1.78. The topological polar surface area (TPSA) is 99.7 Å². The zero-order valence-electron chi connectivity index (χ0n) is 19.5. The van der Waals surface area contributed by atoms with Gasteiger partial charge in [0.15, 0.2) is 0 Å². The fourth-order valence-corrected chi connectivity index (χ4v) is 4.18. The highest BCUT2D eigenvalue weighted by molar-refractivity contribution is 6.02. The summed E-state index contributed by atoms with van der Waals surface area (Å²) >= 11 is 0. The van der Waals surface area contributed by atoms with Crippen LogP contribution in [0.3, 0.4) is 0 Å². The molecule has 0 aliphatic carbocycles. The van der Waals surface area contributed by atoms with Gasteiger partial charge in [-0.15, -0.1) is 0 Å². The Morgan fingerprint density at radius 3 is 2.59 bits per heavy atom. The maximum atomic E-state index is 13.5. The standard InChI is InChI=1S/C26H27N5O3/c1-17-8-7-11-31-23(17)29-24(30-15-18(2)34-19(3)16-30)22(26(31)33)12-21(13-27)25(32)28-14-20-9-5-4-6-10-20/h4-12,18-19H,14-16H2,1-3H3,(H,28,32)/b21-12+. The molecule has 3 heterocycles. The molecular formula is C26H27N5O3. The van der Waals surface area contributed by atoms with Crippen molar-refractivity contribution >= 4 is 23.4 Å². The lowest BCUT2D eigenvalue weighted by molar-refractivity contribution is -0.117. The first kappa shape index (κ1) is 23.2. The lowest BCUT2D eigenvalue weighted by Crippen LogP contribution is -2.46. The summed E-state index contributed by atoms with van der Waals surface area (Å²) in [5, 5.41) is 12.5. The second kappa shape index (κ2) is 9.89. The molecule has 8 nitrogen and oxygen atoms in total. The molecule has 1 aromatic carbocycles. The summed E-state index contributed by atoms with van der Waals surface area (Å²) in [7, 11) is 0. The lowest BCUT2D eigenvalue weighted by Gasteiger charge is -2.36. The number of nitrogens with zero attached hydrogens (tertiary/aromatic N) is 4. The number of amides is 1. The van der Waals surface area contributed by atoms with Crippen LogP contribution in [0.25, 0.3) is 11.7 Å². The first-order valence-electron chi connectivity index (χ1n) is 11.2. The molecule has 2 aromatic heterocycles. The van der Waals surface area contributed by atoms with Crippen molar-refractivity contribution in [3.8, 4) is 6.07 Å². The van der Waals surface area contributed by atoms with Crippen molar-refractivity contribution in [2.45, 2.75) is 39.5 Å². The van der Waals surface area contributed by atoms with Gasteiger partial charge in [0.1, 0.15) is 23.1 Å². The van der Waals surface area contributed by atoms with Crippen LogP contribution in [0.15, 0.2) is 59.0 Å². The molecule has 8 heteroatoms. The Morgan fingerprint density at radius 1 is 1.21 bits per heavy atom. The van der Waals surface area contributed by atoms with E-state index in [4.69, 9.17) is 9.72 Å². The highest BCUT2D eigenvalue weighted by Gasteiger charge is 2.27. The Kier molecular flexibility index (Phi) is 6.75. The number of hydrogen-bond donors (Lipinski definition) is 1. The number of morpholine rings is 1. The van der Waals surface area contributed by atoms with Gasteiger partial charge in [0.25, 0.3) is 11.5 Å². The molecule has 1 fully saturated rings. The van der Waals surface area contributed by atoms with E-state index in [2.05, 4.69) is 5.32 Å². The van der Waals surface area contributed by atoms with Gasteiger partial charge < -0.3 is 15.0 Å². The molecule has 1 saturated heterocycles. The molecule has 34 heavy (non-hydrogen) atoms. The molecule has 1 aliphatic heterocycles. The first-order valence-corrected chi connectivity index (χ1v) is 11.2. The average molecular weight is 458 g/mol. The van der Waals surface area contributed by atoms with Gasteiger partial charge in [-0.1, -0.05) is 36.4 Å². The monoisotopic (exact) mass is 457 g/mol. The molecular weight excluding hydrogens is 430 g/mol. The molecule has 2 unspecified atom stereocenters. The van der Waals surface area contributed by atoms with E-state index in [0.29, 0.717) is 24.6 Å². The number of aromatic nitrogens is 2. The third-order valence-corrected chi connectivity index (χ3v) is 5.73. The van der Waals surface area contributed by atoms with Crippen molar-refractivity contribution in [3.05, 3.63) is 81.3 Å². The predicted octanol–water partition coefficient (Wildman–Crippen LogP) is 2.84. The number of nitrogens with one attached hydrogen (secondary N) is 1. The molecule has 0 bridgehead atoms. The molecule has 1 N–H and O–H groups in total. The fourth-order valence-electron chi connectivity index (χ4n) is 4.18. The van der Waals surface area contributed by atoms with E-state index in [1.165, 1.54) is 10.5 Å².